The minimum atomic E-state index is -3.54. The molecule has 20 heavy (non-hydrogen) atoms. The Bertz CT molecular complexity index is 560. The van der Waals surface area contributed by atoms with Crippen molar-refractivity contribution >= 4 is 16.0 Å². The van der Waals surface area contributed by atoms with Crippen molar-refractivity contribution in [2.45, 2.75) is 12.5 Å². The van der Waals surface area contributed by atoms with Gasteiger partial charge in [-0.3, -0.25) is 9.78 Å². The lowest BCUT2D eigenvalue weighted by Crippen LogP contribution is -2.43. The van der Waals surface area contributed by atoms with Crippen molar-refractivity contribution in [3.05, 3.63) is 30.1 Å². The zero-order chi connectivity index (χ0) is 14.6. The first kappa shape index (κ1) is 14.9. The van der Waals surface area contributed by atoms with Gasteiger partial charge in [0.25, 0.3) is 0 Å². The second kappa shape index (κ2) is 6.29. The molecular weight excluding hydrogens is 284 g/mol. The summed E-state index contributed by atoms with van der Waals surface area (Å²) in [6.45, 7) is 0.123. The molecule has 1 aromatic rings. The van der Waals surface area contributed by atoms with Gasteiger partial charge in [-0.25, -0.2) is 13.1 Å². The number of nitrogens with one attached hydrogen (secondary N) is 1. The van der Waals surface area contributed by atoms with Gasteiger partial charge in [-0.05, 0) is 24.1 Å². The monoisotopic (exact) mass is 300 g/mol. The Morgan fingerprint density at radius 2 is 2.10 bits per heavy atom. The molecule has 0 aromatic carbocycles. The molecule has 7 nitrogen and oxygen atoms in total. The van der Waals surface area contributed by atoms with Crippen LogP contribution in [0.3, 0.4) is 0 Å². The van der Waals surface area contributed by atoms with Crippen molar-refractivity contribution in [3.8, 4) is 0 Å². The molecular formula is C12H16N2O5S. The molecule has 1 saturated heterocycles. The highest BCUT2D eigenvalue weighted by atomic mass is 32.2. The molecule has 0 spiro atoms. The number of carboxylic acids is 1. The van der Waals surface area contributed by atoms with E-state index < -0.39 is 28.0 Å². The topological polar surface area (TPSA) is 106 Å². The number of hydrogen-bond acceptors (Lipinski definition) is 5. The molecule has 2 N–H and O–H groups in total. The molecule has 2 atom stereocenters. The highest BCUT2D eigenvalue weighted by Crippen LogP contribution is 2.15. The molecule has 1 aliphatic heterocycles. The Morgan fingerprint density at radius 3 is 2.75 bits per heavy atom. The largest absolute Gasteiger partial charge is 0.481 e. The molecule has 1 aliphatic rings. The number of aryl methyl sites for hydroxylation is 1. The fraction of sp³-hybridized carbons (Fsp3) is 0.500. The summed E-state index contributed by atoms with van der Waals surface area (Å²) < 4.78 is 31.3. The Balaban J connectivity index is 1.92. The van der Waals surface area contributed by atoms with Crippen molar-refractivity contribution in [2.24, 2.45) is 5.92 Å². The maximum atomic E-state index is 12.0. The van der Waals surface area contributed by atoms with Crippen LogP contribution in [0.2, 0.25) is 0 Å². The average molecular weight is 300 g/mol. The quantitative estimate of drug-likeness (QED) is 0.743. The molecule has 0 aliphatic carbocycles. The highest BCUT2D eigenvalue weighted by molar-refractivity contribution is 7.89. The van der Waals surface area contributed by atoms with Gasteiger partial charge in [-0.15, -0.1) is 0 Å². The molecule has 8 heteroatoms. The van der Waals surface area contributed by atoms with Crippen LogP contribution in [-0.4, -0.2) is 49.5 Å². The molecule has 110 valence electrons. The third kappa shape index (κ3) is 3.99. The maximum absolute atomic E-state index is 12.0. The molecule has 1 aromatic heterocycles. The third-order valence-corrected chi connectivity index (χ3v) is 4.54. The van der Waals surface area contributed by atoms with Gasteiger partial charge in [0.2, 0.25) is 10.0 Å². The number of carbonyl (C=O) groups is 1. The van der Waals surface area contributed by atoms with Crippen molar-refractivity contribution in [1.82, 2.24) is 9.71 Å². The first-order valence-corrected chi connectivity index (χ1v) is 7.82. The highest BCUT2D eigenvalue weighted by Gasteiger charge is 2.36. The van der Waals surface area contributed by atoms with E-state index in [2.05, 4.69) is 9.71 Å². The second-order valence-electron chi connectivity index (χ2n) is 4.63. The zero-order valence-corrected chi connectivity index (χ0v) is 11.5. The molecule has 2 heterocycles. The third-order valence-electron chi connectivity index (χ3n) is 3.14. The second-order valence-corrected chi connectivity index (χ2v) is 6.50. The molecule has 0 radical (unpaired) electrons. The first-order chi connectivity index (χ1) is 9.48. The number of aliphatic carboxylic acids is 1. The predicted octanol–water partition coefficient (Wildman–Crippen LogP) is -0.357. The normalized spacial score (nSPS) is 22.8. The van der Waals surface area contributed by atoms with Crippen LogP contribution in [0.4, 0.5) is 0 Å². The van der Waals surface area contributed by atoms with Crippen molar-refractivity contribution in [1.29, 1.82) is 0 Å². The van der Waals surface area contributed by atoms with Gasteiger partial charge in [0, 0.05) is 12.4 Å². The minimum absolute atomic E-state index is 0.0346. The summed E-state index contributed by atoms with van der Waals surface area (Å²) in [5, 5.41) is 8.97. The van der Waals surface area contributed by atoms with Gasteiger partial charge < -0.3 is 9.84 Å². The van der Waals surface area contributed by atoms with Crippen LogP contribution in [0, 0.1) is 5.92 Å². The van der Waals surface area contributed by atoms with Crippen LogP contribution in [0.15, 0.2) is 24.5 Å². The van der Waals surface area contributed by atoms with Crippen molar-refractivity contribution in [3.63, 3.8) is 0 Å². The van der Waals surface area contributed by atoms with Crippen LogP contribution in [-0.2, 0) is 26.0 Å². The molecule has 0 bridgehead atoms. The number of aromatic nitrogens is 1. The Hall–Kier alpha value is -1.51. The van der Waals surface area contributed by atoms with E-state index in [-0.39, 0.29) is 19.0 Å². The Morgan fingerprint density at radius 1 is 1.40 bits per heavy atom. The van der Waals surface area contributed by atoms with Crippen LogP contribution >= 0.6 is 0 Å². The minimum Gasteiger partial charge on any atom is -0.481 e. The van der Waals surface area contributed by atoms with Crippen LogP contribution in [0.5, 0.6) is 0 Å². The molecule has 0 saturated carbocycles. The van der Waals surface area contributed by atoms with Crippen molar-refractivity contribution in [2.75, 3.05) is 19.0 Å². The number of carboxylic acid groups (broad SMARTS) is 1. The number of nitrogens with zero attached hydrogens (tertiary/aromatic N) is 1. The van der Waals surface area contributed by atoms with E-state index in [1.165, 1.54) is 0 Å². The van der Waals surface area contributed by atoms with E-state index >= 15 is 0 Å². The zero-order valence-electron chi connectivity index (χ0n) is 10.7. The number of hydrogen-bond donors (Lipinski definition) is 2. The molecule has 0 amide bonds. The first-order valence-electron chi connectivity index (χ1n) is 6.17. The number of rotatable bonds is 6. The van der Waals surface area contributed by atoms with Crippen LogP contribution in [0.1, 0.15) is 5.56 Å². The van der Waals surface area contributed by atoms with E-state index in [0.717, 1.165) is 5.56 Å². The molecule has 1 fully saturated rings. The maximum Gasteiger partial charge on any atom is 0.310 e. The van der Waals surface area contributed by atoms with E-state index in [4.69, 9.17) is 9.84 Å². The van der Waals surface area contributed by atoms with Gasteiger partial charge in [-0.2, -0.15) is 0 Å². The number of pyridine rings is 1. The lowest BCUT2D eigenvalue weighted by atomic mass is 10.1. The van der Waals surface area contributed by atoms with E-state index in [9.17, 15) is 13.2 Å². The summed E-state index contributed by atoms with van der Waals surface area (Å²) >= 11 is 0. The summed E-state index contributed by atoms with van der Waals surface area (Å²) in [4.78, 5) is 14.8. The van der Waals surface area contributed by atoms with Gasteiger partial charge in [-0.1, -0.05) is 0 Å². The van der Waals surface area contributed by atoms with Gasteiger partial charge in [0.05, 0.1) is 30.9 Å². The van der Waals surface area contributed by atoms with E-state index in [1.807, 2.05) is 0 Å². The Labute approximate surface area is 117 Å². The van der Waals surface area contributed by atoms with Gasteiger partial charge in [0.1, 0.15) is 0 Å². The summed E-state index contributed by atoms with van der Waals surface area (Å²) in [7, 11) is -3.54. The molecule has 2 unspecified atom stereocenters. The summed E-state index contributed by atoms with van der Waals surface area (Å²) in [6, 6.07) is 2.79. The van der Waals surface area contributed by atoms with Gasteiger partial charge >= 0.3 is 5.97 Å². The van der Waals surface area contributed by atoms with E-state index in [1.54, 1.807) is 24.5 Å². The van der Waals surface area contributed by atoms with Crippen LogP contribution < -0.4 is 4.72 Å². The van der Waals surface area contributed by atoms with Crippen LogP contribution in [0.25, 0.3) is 0 Å². The summed E-state index contributed by atoms with van der Waals surface area (Å²) in [6.07, 6.45) is 3.55. The molecule has 2 rings (SSSR count). The number of sulfonamides is 1. The van der Waals surface area contributed by atoms with Gasteiger partial charge in [0.15, 0.2) is 0 Å². The smallest absolute Gasteiger partial charge is 0.310 e. The predicted molar refractivity (Wildman–Crippen MR) is 70.6 cm³/mol. The lowest BCUT2D eigenvalue weighted by Gasteiger charge is -2.15. The lowest BCUT2D eigenvalue weighted by molar-refractivity contribution is -0.142. The van der Waals surface area contributed by atoms with E-state index in [0.29, 0.717) is 6.42 Å². The SMILES string of the molecule is O=C(O)C1COCC1NS(=O)(=O)CCc1ccncc1. The average Bonchev–Trinajstić information content (AvgIpc) is 2.85. The number of ether oxygens (including phenoxy) is 1. The van der Waals surface area contributed by atoms with Crippen molar-refractivity contribution < 1.29 is 23.1 Å². The summed E-state index contributed by atoms with van der Waals surface area (Å²) in [5.41, 5.74) is 0.864. The summed E-state index contributed by atoms with van der Waals surface area (Å²) in [5.74, 6) is -1.98. The Kier molecular flexibility index (Phi) is 4.69. The fourth-order valence-corrected chi connectivity index (χ4v) is 3.32. The standard InChI is InChI=1S/C12H16N2O5S/c15-12(16)10-7-19-8-11(10)14-20(17,18)6-3-9-1-4-13-5-2-9/h1-2,4-5,10-11,14H,3,6-8H2,(H,15,16). The fourth-order valence-electron chi connectivity index (χ4n) is 2.01.